The minimum absolute atomic E-state index is 0.0871. The first kappa shape index (κ1) is 12.5. The first-order valence-electron chi connectivity index (χ1n) is 5.36. The lowest BCUT2D eigenvalue weighted by molar-refractivity contribution is 0.249. The minimum Gasteiger partial charge on any atom is -0.396 e. The van der Waals surface area contributed by atoms with Gasteiger partial charge in [0.2, 0.25) is 0 Å². The van der Waals surface area contributed by atoms with E-state index < -0.39 is 0 Å². The summed E-state index contributed by atoms with van der Waals surface area (Å²) in [7, 11) is 0. The Morgan fingerprint density at radius 3 is 2.81 bits per heavy atom. The van der Waals surface area contributed by atoms with Gasteiger partial charge in [-0.1, -0.05) is 12.1 Å². The zero-order chi connectivity index (χ0) is 12.0. The molecular formula is C12H18N2O2. The number of anilines is 1. The van der Waals surface area contributed by atoms with Crippen LogP contribution in [0.5, 0.6) is 0 Å². The standard InChI is InChI=1S/C12H18N2O2/c1-9-4-5-10(2)11(8-9)14-12(16)13-6-3-7-15/h4-5,8,15H,3,6-7H2,1-2H3,(H2,13,14,16). The Morgan fingerprint density at radius 2 is 2.12 bits per heavy atom. The number of aliphatic hydroxyl groups excluding tert-OH is 1. The summed E-state index contributed by atoms with van der Waals surface area (Å²) in [5, 5.41) is 14.0. The number of rotatable bonds is 4. The third-order valence-corrected chi connectivity index (χ3v) is 2.26. The van der Waals surface area contributed by atoms with Gasteiger partial charge in [-0.25, -0.2) is 4.79 Å². The Labute approximate surface area is 95.7 Å². The number of carbonyl (C=O) groups is 1. The molecule has 4 nitrogen and oxygen atoms in total. The monoisotopic (exact) mass is 222 g/mol. The van der Waals surface area contributed by atoms with E-state index >= 15 is 0 Å². The summed E-state index contributed by atoms with van der Waals surface area (Å²) in [4.78, 5) is 11.4. The van der Waals surface area contributed by atoms with Gasteiger partial charge in [0, 0.05) is 18.8 Å². The maximum absolute atomic E-state index is 11.4. The van der Waals surface area contributed by atoms with E-state index in [-0.39, 0.29) is 12.6 Å². The van der Waals surface area contributed by atoms with Crippen LogP contribution in [0.25, 0.3) is 0 Å². The molecule has 88 valence electrons. The quantitative estimate of drug-likeness (QED) is 0.680. The molecule has 2 amide bonds. The number of amides is 2. The first-order valence-corrected chi connectivity index (χ1v) is 5.36. The second kappa shape index (κ2) is 6.12. The summed E-state index contributed by atoms with van der Waals surface area (Å²) < 4.78 is 0. The van der Waals surface area contributed by atoms with Crippen molar-refractivity contribution in [1.29, 1.82) is 0 Å². The number of aryl methyl sites for hydroxylation is 2. The largest absolute Gasteiger partial charge is 0.396 e. The maximum Gasteiger partial charge on any atom is 0.319 e. The molecule has 1 aromatic rings. The molecule has 0 unspecified atom stereocenters. The van der Waals surface area contributed by atoms with Gasteiger partial charge in [-0.15, -0.1) is 0 Å². The molecule has 0 bridgehead atoms. The topological polar surface area (TPSA) is 61.4 Å². The SMILES string of the molecule is Cc1ccc(C)c(NC(=O)NCCCO)c1. The average Bonchev–Trinajstić information content (AvgIpc) is 2.24. The van der Waals surface area contributed by atoms with E-state index in [9.17, 15) is 4.79 Å². The lowest BCUT2D eigenvalue weighted by Crippen LogP contribution is -2.30. The van der Waals surface area contributed by atoms with E-state index in [1.807, 2.05) is 32.0 Å². The smallest absolute Gasteiger partial charge is 0.319 e. The summed E-state index contributed by atoms with van der Waals surface area (Å²) in [6, 6.07) is 5.67. The zero-order valence-electron chi connectivity index (χ0n) is 9.71. The van der Waals surface area contributed by atoms with Crippen molar-refractivity contribution >= 4 is 11.7 Å². The van der Waals surface area contributed by atoms with Gasteiger partial charge in [0.25, 0.3) is 0 Å². The molecule has 0 atom stereocenters. The van der Waals surface area contributed by atoms with Gasteiger partial charge >= 0.3 is 6.03 Å². The van der Waals surface area contributed by atoms with Gasteiger partial charge in [-0.05, 0) is 37.5 Å². The van der Waals surface area contributed by atoms with Gasteiger partial charge < -0.3 is 15.7 Å². The van der Waals surface area contributed by atoms with Crippen molar-refractivity contribution in [3.05, 3.63) is 29.3 Å². The highest BCUT2D eigenvalue weighted by molar-refractivity contribution is 5.90. The van der Waals surface area contributed by atoms with E-state index in [0.29, 0.717) is 13.0 Å². The fourth-order valence-electron chi connectivity index (χ4n) is 1.32. The number of urea groups is 1. The van der Waals surface area contributed by atoms with Crippen molar-refractivity contribution in [1.82, 2.24) is 5.32 Å². The van der Waals surface area contributed by atoms with Gasteiger partial charge in [0.05, 0.1) is 0 Å². The fraction of sp³-hybridized carbons (Fsp3) is 0.417. The molecule has 16 heavy (non-hydrogen) atoms. The van der Waals surface area contributed by atoms with Gasteiger partial charge in [0.1, 0.15) is 0 Å². The summed E-state index contributed by atoms with van der Waals surface area (Å²) in [5.74, 6) is 0. The lowest BCUT2D eigenvalue weighted by Gasteiger charge is -2.10. The highest BCUT2D eigenvalue weighted by Crippen LogP contribution is 2.15. The van der Waals surface area contributed by atoms with Crippen molar-refractivity contribution < 1.29 is 9.90 Å². The summed E-state index contributed by atoms with van der Waals surface area (Å²) >= 11 is 0. The van der Waals surface area contributed by atoms with Crippen LogP contribution < -0.4 is 10.6 Å². The van der Waals surface area contributed by atoms with Crippen molar-refractivity contribution in [3.8, 4) is 0 Å². The van der Waals surface area contributed by atoms with E-state index in [0.717, 1.165) is 16.8 Å². The van der Waals surface area contributed by atoms with Crippen LogP contribution in [-0.4, -0.2) is 24.3 Å². The molecule has 4 heteroatoms. The predicted octanol–water partition coefficient (Wildman–Crippen LogP) is 1.81. The fourth-order valence-corrected chi connectivity index (χ4v) is 1.32. The second-order valence-electron chi connectivity index (χ2n) is 3.78. The van der Waals surface area contributed by atoms with Crippen molar-refractivity contribution in [2.24, 2.45) is 0 Å². The Hall–Kier alpha value is -1.55. The molecular weight excluding hydrogens is 204 g/mol. The first-order chi connectivity index (χ1) is 7.63. The third kappa shape index (κ3) is 3.90. The van der Waals surface area contributed by atoms with E-state index in [2.05, 4.69) is 10.6 Å². The molecule has 0 aliphatic carbocycles. The van der Waals surface area contributed by atoms with Crippen molar-refractivity contribution in [2.75, 3.05) is 18.5 Å². The van der Waals surface area contributed by atoms with Crippen LogP contribution in [-0.2, 0) is 0 Å². The molecule has 3 N–H and O–H groups in total. The number of nitrogens with one attached hydrogen (secondary N) is 2. The normalized spacial score (nSPS) is 9.94. The molecule has 0 aromatic heterocycles. The van der Waals surface area contributed by atoms with Crippen LogP contribution >= 0.6 is 0 Å². The highest BCUT2D eigenvalue weighted by Gasteiger charge is 2.03. The zero-order valence-corrected chi connectivity index (χ0v) is 9.71. The second-order valence-corrected chi connectivity index (χ2v) is 3.78. The number of benzene rings is 1. The van der Waals surface area contributed by atoms with E-state index in [4.69, 9.17) is 5.11 Å². The lowest BCUT2D eigenvalue weighted by atomic mass is 10.1. The van der Waals surface area contributed by atoms with E-state index in [1.165, 1.54) is 0 Å². The molecule has 0 saturated carbocycles. The van der Waals surface area contributed by atoms with Crippen molar-refractivity contribution in [3.63, 3.8) is 0 Å². The predicted molar refractivity (Wildman–Crippen MR) is 64.6 cm³/mol. The van der Waals surface area contributed by atoms with Gasteiger partial charge in [0.15, 0.2) is 0 Å². The Bertz CT molecular complexity index is 364. The molecule has 0 spiro atoms. The molecule has 0 aliphatic heterocycles. The summed E-state index contributed by atoms with van der Waals surface area (Å²) in [6.45, 7) is 4.49. The van der Waals surface area contributed by atoms with Gasteiger partial charge in [-0.3, -0.25) is 0 Å². The number of hydrogen-bond donors (Lipinski definition) is 3. The molecule has 0 fully saturated rings. The maximum atomic E-state index is 11.4. The molecule has 0 aliphatic rings. The summed E-state index contributed by atoms with van der Waals surface area (Å²) in [6.07, 6.45) is 0.570. The minimum atomic E-state index is -0.234. The third-order valence-electron chi connectivity index (χ3n) is 2.26. The molecule has 1 rings (SSSR count). The Kier molecular flexibility index (Phi) is 4.79. The highest BCUT2D eigenvalue weighted by atomic mass is 16.3. The number of carbonyl (C=O) groups excluding carboxylic acids is 1. The molecule has 0 heterocycles. The Morgan fingerprint density at radius 1 is 1.38 bits per heavy atom. The molecule has 0 radical (unpaired) electrons. The van der Waals surface area contributed by atoms with Crippen LogP contribution in [0.4, 0.5) is 10.5 Å². The molecule has 0 saturated heterocycles. The van der Waals surface area contributed by atoms with Gasteiger partial charge in [-0.2, -0.15) is 0 Å². The van der Waals surface area contributed by atoms with Crippen LogP contribution in [0.15, 0.2) is 18.2 Å². The summed E-state index contributed by atoms with van der Waals surface area (Å²) in [5.41, 5.74) is 2.96. The number of aliphatic hydroxyl groups is 1. The van der Waals surface area contributed by atoms with Crippen LogP contribution in [0.3, 0.4) is 0 Å². The van der Waals surface area contributed by atoms with E-state index in [1.54, 1.807) is 0 Å². The van der Waals surface area contributed by atoms with Crippen LogP contribution in [0.2, 0.25) is 0 Å². The average molecular weight is 222 g/mol. The van der Waals surface area contributed by atoms with Crippen LogP contribution in [0, 0.1) is 13.8 Å². The van der Waals surface area contributed by atoms with Crippen molar-refractivity contribution in [2.45, 2.75) is 20.3 Å². The van der Waals surface area contributed by atoms with Crippen LogP contribution in [0.1, 0.15) is 17.5 Å². The molecule has 1 aromatic carbocycles. The Balaban J connectivity index is 2.52. The number of hydrogen-bond acceptors (Lipinski definition) is 2.